The number of nitrogens with one attached hydrogen (secondary N) is 1. The molecule has 0 aliphatic carbocycles. The summed E-state index contributed by atoms with van der Waals surface area (Å²) in [6, 6.07) is 7.94. The molecule has 0 aromatic heterocycles. The third-order valence-corrected chi connectivity index (χ3v) is 4.42. The minimum Gasteiger partial charge on any atom is -0.466 e. The molecule has 0 bridgehead atoms. The molecule has 2 aromatic rings. The number of allylic oxidation sites excluding steroid dienone is 1. The molecule has 31 heavy (non-hydrogen) atoms. The monoisotopic (exact) mass is 426 g/mol. The van der Waals surface area contributed by atoms with E-state index in [1.807, 2.05) is 0 Å². The van der Waals surface area contributed by atoms with Crippen LogP contribution in [-0.2, 0) is 14.3 Å². The van der Waals surface area contributed by atoms with Crippen LogP contribution in [0.3, 0.4) is 0 Å². The zero-order valence-electron chi connectivity index (χ0n) is 17.1. The Labute approximate surface area is 179 Å². The maximum Gasteiger partial charge on any atom is 0.313 e. The van der Waals surface area contributed by atoms with Gasteiger partial charge in [0, 0.05) is 24.1 Å². The van der Waals surface area contributed by atoms with Crippen molar-refractivity contribution in [2.75, 3.05) is 11.9 Å². The highest BCUT2D eigenvalue weighted by Crippen LogP contribution is 2.35. The molecule has 2 rings (SSSR count). The number of ether oxygens (including phenoxy) is 1. The number of nitro groups is 1. The second-order valence-electron chi connectivity index (χ2n) is 6.63. The molecule has 0 aliphatic heterocycles. The van der Waals surface area contributed by atoms with Gasteiger partial charge in [-0.25, -0.2) is 4.39 Å². The number of benzene rings is 2. The van der Waals surface area contributed by atoms with Crippen LogP contribution < -0.4 is 5.32 Å². The van der Waals surface area contributed by atoms with E-state index in [9.17, 15) is 24.1 Å². The Kier molecular flexibility index (Phi) is 8.19. The predicted molar refractivity (Wildman–Crippen MR) is 116 cm³/mol. The molecule has 0 fully saturated rings. The number of rotatable bonds is 10. The highest BCUT2D eigenvalue weighted by Gasteiger charge is 2.23. The molecule has 162 valence electrons. The lowest BCUT2D eigenvalue weighted by Gasteiger charge is -2.17. The van der Waals surface area contributed by atoms with Gasteiger partial charge in [-0.05, 0) is 48.7 Å². The summed E-state index contributed by atoms with van der Waals surface area (Å²) in [5.41, 5.74) is 0.997. The predicted octanol–water partition coefficient (Wildman–Crippen LogP) is 5.14. The molecule has 2 aromatic carbocycles. The lowest BCUT2D eigenvalue weighted by molar-refractivity contribution is -0.384. The molecule has 1 atom stereocenters. The van der Waals surface area contributed by atoms with Crippen LogP contribution in [0, 0.1) is 15.9 Å². The van der Waals surface area contributed by atoms with E-state index in [-0.39, 0.29) is 30.8 Å². The number of halogens is 1. The molecule has 1 N–H and O–H groups in total. The summed E-state index contributed by atoms with van der Waals surface area (Å²) in [5.74, 6) is -2.30. The quantitative estimate of drug-likeness (QED) is 0.246. The highest BCUT2D eigenvalue weighted by atomic mass is 19.1. The largest absolute Gasteiger partial charge is 0.466 e. The van der Waals surface area contributed by atoms with Crippen LogP contribution in [0.15, 0.2) is 61.7 Å². The SMILES string of the molecule is C=CCC(=O)Nc1cc([N+](=O)[O-])ccc1-c1cc(F)cc([C@@H](CC=C)C(=O)OCC)c1. The summed E-state index contributed by atoms with van der Waals surface area (Å²) >= 11 is 0. The van der Waals surface area contributed by atoms with Crippen LogP contribution in [0.2, 0.25) is 0 Å². The van der Waals surface area contributed by atoms with Crippen molar-refractivity contribution in [3.8, 4) is 11.1 Å². The number of esters is 1. The first-order chi connectivity index (χ1) is 14.8. The van der Waals surface area contributed by atoms with E-state index in [1.54, 1.807) is 19.1 Å². The first-order valence-electron chi connectivity index (χ1n) is 9.58. The Balaban J connectivity index is 2.60. The van der Waals surface area contributed by atoms with Crippen molar-refractivity contribution in [3.05, 3.63) is 83.2 Å². The van der Waals surface area contributed by atoms with Gasteiger partial charge >= 0.3 is 5.97 Å². The highest BCUT2D eigenvalue weighted by molar-refractivity contribution is 5.96. The maximum absolute atomic E-state index is 14.5. The van der Waals surface area contributed by atoms with Crippen molar-refractivity contribution < 1.29 is 23.6 Å². The normalized spacial score (nSPS) is 11.3. The van der Waals surface area contributed by atoms with E-state index in [0.717, 1.165) is 0 Å². The Morgan fingerprint density at radius 2 is 1.97 bits per heavy atom. The number of nitro benzene ring substituents is 1. The fourth-order valence-corrected chi connectivity index (χ4v) is 3.08. The topological polar surface area (TPSA) is 98.5 Å². The van der Waals surface area contributed by atoms with Gasteiger partial charge in [0.25, 0.3) is 5.69 Å². The van der Waals surface area contributed by atoms with Crippen LogP contribution in [0.1, 0.15) is 31.2 Å². The zero-order chi connectivity index (χ0) is 23.0. The number of nitrogens with zero attached hydrogens (tertiary/aromatic N) is 1. The summed E-state index contributed by atoms with van der Waals surface area (Å²) in [4.78, 5) is 35.0. The van der Waals surface area contributed by atoms with Crippen LogP contribution in [-0.4, -0.2) is 23.4 Å². The van der Waals surface area contributed by atoms with E-state index in [4.69, 9.17) is 4.74 Å². The Morgan fingerprint density at radius 1 is 1.23 bits per heavy atom. The molecule has 7 nitrogen and oxygen atoms in total. The Bertz CT molecular complexity index is 1020. The van der Waals surface area contributed by atoms with Crippen LogP contribution in [0.25, 0.3) is 11.1 Å². The Hall–Kier alpha value is -3.81. The lowest BCUT2D eigenvalue weighted by Crippen LogP contribution is -2.16. The fraction of sp³-hybridized carbons (Fsp3) is 0.217. The van der Waals surface area contributed by atoms with E-state index < -0.39 is 28.5 Å². The van der Waals surface area contributed by atoms with Gasteiger partial charge in [0.15, 0.2) is 0 Å². The summed E-state index contributed by atoms with van der Waals surface area (Å²) in [6.45, 7) is 8.98. The number of carbonyl (C=O) groups is 2. The van der Waals surface area contributed by atoms with E-state index >= 15 is 0 Å². The van der Waals surface area contributed by atoms with Crippen molar-refractivity contribution in [2.24, 2.45) is 0 Å². The fourth-order valence-electron chi connectivity index (χ4n) is 3.08. The molecule has 0 unspecified atom stereocenters. The van der Waals surface area contributed by atoms with Crippen LogP contribution in [0.5, 0.6) is 0 Å². The Morgan fingerprint density at radius 3 is 2.58 bits per heavy atom. The number of hydrogen-bond acceptors (Lipinski definition) is 5. The molecule has 0 radical (unpaired) electrons. The van der Waals surface area contributed by atoms with Crippen LogP contribution in [0.4, 0.5) is 15.8 Å². The summed E-state index contributed by atoms with van der Waals surface area (Å²) in [6.07, 6.45) is 3.18. The summed E-state index contributed by atoms with van der Waals surface area (Å²) in [5, 5.41) is 13.8. The van der Waals surface area contributed by atoms with Crippen molar-refractivity contribution in [3.63, 3.8) is 0 Å². The van der Waals surface area contributed by atoms with Crippen molar-refractivity contribution in [1.29, 1.82) is 0 Å². The molecule has 0 spiro atoms. The van der Waals surface area contributed by atoms with E-state index in [2.05, 4.69) is 18.5 Å². The number of amides is 1. The van der Waals surface area contributed by atoms with Gasteiger partial charge in [-0.3, -0.25) is 19.7 Å². The summed E-state index contributed by atoms with van der Waals surface area (Å²) < 4.78 is 19.6. The van der Waals surface area contributed by atoms with Gasteiger partial charge in [0.2, 0.25) is 5.91 Å². The second kappa shape index (κ2) is 10.8. The standard InChI is InChI=1S/C23H23FN2O5/c1-4-7-20(23(28)31-6-3)16-11-15(12-17(24)13-16)19-10-9-18(26(29)30)14-21(19)25-22(27)8-5-2/h4-5,9-14,20H,1-2,6-8H2,3H3,(H,25,27)/t20-/m1/s1. The van der Waals surface area contributed by atoms with E-state index in [0.29, 0.717) is 16.7 Å². The molecule has 1 amide bonds. The average molecular weight is 426 g/mol. The number of non-ortho nitro benzene ring substituents is 1. The van der Waals surface area contributed by atoms with Gasteiger partial charge in [0.05, 0.1) is 23.1 Å². The maximum atomic E-state index is 14.5. The number of carbonyl (C=O) groups excluding carboxylic acids is 2. The zero-order valence-corrected chi connectivity index (χ0v) is 17.1. The third kappa shape index (κ3) is 6.08. The first-order valence-corrected chi connectivity index (χ1v) is 9.58. The summed E-state index contributed by atoms with van der Waals surface area (Å²) in [7, 11) is 0. The second-order valence-corrected chi connectivity index (χ2v) is 6.63. The smallest absolute Gasteiger partial charge is 0.313 e. The van der Waals surface area contributed by atoms with Crippen molar-refractivity contribution in [2.45, 2.75) is 25.7 Å². The molecule has 0 saturated carbocycles. The minimum atomic E-state index is -0.760. The van der Waals surface area contributed by atoms with Gasteiger partial charge in [-0.1, -0.05) is 12.2 Å². The van der Waals surface area contributed by atoms with Gasteiger partial charge in [0.1, 0.15) is 5.82 Å². The van der Waals surface area contributed by atoms with Crippen molar-refractivity contribution in [1.82, 2.24) is 0 Å². The molecular formula is C23H23FN2O5. The van der Waals surface area contributed by atoms with E-state index in [1.165, 1.54) is 36.4 Å². The molecule has 8 heteroatoms. The van der Waals surface area contributed by atoms with Gasteiger partial charge < -0.3 is 10.1 Å². The van der Waals surface area contributed by atoms with Crippen molar-refractivity contribution >= 4 is 23.3 Å². The lowest BCUT2D eigenvalue weighted by atomic mass is 9.92. The first kappa shape index (κ1) is 23.5. The average Bonchev–Trinajstić information content (AvgIpc) is 2.71. The molecular weight excluding hydrogens is 403 g/mol. The molecule has 0 heterocycles. The van der Waals surface area contributed by atoms with Gasteiger partial charge in [-0.2, -0.15) is 0 Å². The molecule has 0 aliphatic rings. The third-order valence-electron chi connectivity index (χ3n) is 4.42. The molecule has 0 saturated heterocycles. The van der Waals surface area contributed by atoms with Gasteiger partial charge in [-0.15, -0.1) is 13.2 Å². The number of anilines is 1. The minimum absolute atomic E-state index is 0.000794. The number of hydrogen-bond donors (Lipinski definition) is 1. The van der Waals surface area contributed by atoms with Crippen LogP contribution >= 0.6 is 0 Å².